The normalized spacial score (nSPS) is 18.8. The molecule has 0 radical (unpaired) electrons. The summed E-state index contributed by atoms with van der Waals surface area (Å²) in [6.45, 7) is 7.97. The molecule has 0 fully saturated rings. The molecule has 21 heavy (non-hydrogen) atoms. The van der Waals surface area contributed by atoms with Gasteiger partial charge < -0.3 is 4.90 Å². The second-order valence-corrected chi connectivity index (χ2v) is 7.01. The maximum Gasteiger partial charge on any atom is 0.226 e. The van der Waals surface area contributed by atoms with Crippen molar-refractivity contribution in [3.8, 4) is 0 Å². The molecular formula is C17H22BrNO2. The molecule has 0 saturated carbocycles. The van der Waals surface area contributed by atoms with Crippen LogP contribution in [0.15, 0.2) is 18.2 Å². The number of carbonyl (C=O) groups is 2. The molecular weight excluding hydrogens is 330 g/mol. The van der Waals surface area contributed by atoms with Gasteiger partial charge in [-0.2, -0.15) is 0 Å². The van der Waals surface area contributed by atoms with Gasteiger partial charge in [-0.1, -0.05) is 36.7 Å². The van der Waals surface area contributed by atoms with Crippen molar-refractivity contribution in [1.29, 1.82) is 0 Å². The molecule has 1 aromatic rings. The van der Waals surface area contributed by atoms with E-state index in [0.717, 1.165) is 23.2 Å². The van der Waals surface area contributed by atoms with Gasteiger partial charge in [0.15, 0.2) is 5.78 Å². The fraction of sp³-hybridized carbons (Fsp3) is 0.529. The lowest BCUT2D eigenvalue weighted by Crippen LogP contribution is -2.35. The molecule has 0 saturated heterocycles. The maximum atomic E-state index is 12.4. The minimum atomic E-state index is -0.164. The van der Waals surface area contributed by atoms with Gasteiger partial charge in [0.25, 0.3) is 0 Å². The van der Waals surface area contributed by atoms with Crippen LogP contribution in [0.5, 0.6) is 0 Å². The summed E-state index contributed by atoms with van der Waals surface area (Å²) >= 11 is 3.47. The molecule has 1 amide bonds. The Morgan fingerprint density at radius 1 is 1.38 bits per heavy atom. The number of ketones is 1. The van der Waals surface area contributed by atoms with E-state index in [1.54, 1.807) is 0 Å². The van der Waals surface area contributed by atoms with Gasteiger partial charge in [0, 0.05) is 23.7 Å². The fourth-order valence-electron chi connectivity index (χ4n) is 2.80. The van der Waals surface area contributed by atoms with Crippen LogP contribution in [0.4, 0.5) is 5.69 Å². The predicted molar refractivity (Wildman–Crippen MR) is 89.3 cm³/mol. The quantitative estimate of drug-likeness (QED) is 0.607. The number of amides is 1. The van der Waals surface area contributed by atoms with E-state index in [1.165, 1.54) is 0 Å². The van der Waals surface area contributed by atoms with E-state index in [4.69, 9.17) is 0 Å². The Balaban J connectivity index is 2.32. The summed E-state index contributed by atoms with van der Waals surface area (Å²) in [6, 6.07) is 5.88. The monoisotopic (exact) mass is 351 g/mol. The number of hydrogen-bond donors (Lipinski definition) is 0. The van der Waals surface area contributed by atoms with Gasteiger partial charge >= 0.3 is 0 Å². The number of carbonyl (C=O) groups excluding carboxylic acids is 2. The summed E-state index contributed by atoms with van der Waals surface area (Å²) in [4.78, 5) is 26.2. The maximum absolute atomic E-state index is 12.4. The molecule has 2 atom stereocenters. The van der Waals surface area contributed by atoms with Crippen LogP contribution in [-0.4, -0.2) is 22.6 Å². The first kappa shape index (κ1) is 16.2. The molecule has 3 nitrogen and oxygen atoms in total. The van der Waals surface area contributed by atoms with Crippen molar-refractivity contribution in [2.24, 2.45) is 5.92 Å². The second-order valence-electron chi connectivity index (χ2n) is 6.02. The van der Waals surface area contributed by atoms with Crippen molar-refractivity contribution in [2.75, 3.05) is 4.90 Å². The van der Waals surface area contributed by atoms with Crippen LogP contribution in [0.2, 0.25) is 0 Å². The molecule has 4 heteroatoms. The van der Waals surface area contributed by atoms with Crippen molar-refractivity contribution in [1.82, 2.24) is 0 Å². The van der Waals surface area contributed by atoms with E-state index in [-0.39, 0.29) is 28.5 Å². The highest BCUT2D eigenvalue weighted by atomic mass is 79.9. The lowest BCUT2D eigenvalue weighted by atomic mass is 9.98. The first-order valence-electron chi connectivity index (χ1n) is 7.50. The van der Waals surface area contributed by atoms with Gasteiger partial charge in [0.2, 0.25) is 5.91 Å². The molecule has 1 aromatic carbocycles. The zero-order chi connectivity index (χ0) is 15.7. The molecule has 1 heterocycles. The second kappa shape index (κ2) is 6.30. The van der Waals surface area contributed by atoms with Crippen LogP contribution in [0.25, 0.3) is 0 Å². The Hall–Kier alpha value is -1.16. The third-order valence-electron chi connectivity index (χ3n) is 3.99. The van der Waals surface area contributed by atoms with Crippen LogP contribution < -0.4 is 4.90 Å². The van der Waals surface area contributed by atoms with Crippen LogP contribution in [0, 0.1) is 5.92 Å². The third-order valence-corrected chi connectivity index (χ3v) is 5.46. The molecule has 0 N–H and O–H groups in total. The molecule has 0 aliphatic carbocycles. The number of halogens is 1. The Bertz CT molecular complexity index is 568. The summed E-state index contributed by atoms with van der Waals surface area (Å²) in [5, 5.41) is 0. The summed E-state index contributed by atoms with van der Waals surface area (Å²) in [5.41, 5.74) is 2.78. The summed E-state index contributed by atoms with van der Waals surface area (Å²) < 4.78 is 0. The molecule has 1 aliphatic heterocycles. The number of benzene rings is 1. The zero-order valence-electron chi connectivity index (χ0n) is 13.0. The van der Waals surface area contributed by atoms with Crippen LogP contribution in [-0.2, 0) is 11.2 Å². The molecule has 0 aromatic heterocycles. The first-order valence-corrected chi connectivity index (χ1v) is 8.41. The Kier molecular flexibility index (Phi) is 4.87. The van der Waals surface area contributed by atoms with Crippen LogP contribution in [0.1, 0.15) is 50.0 Å². The van der Waals surface area contributed by atoms with E-state index >= 15 is 0 Å². The van der Waals surface area contributed by atoms with Crippen molar-refractivity contribution in [3.63, 3.8) is 0 Å². The minimum Gasteiger partial charge on any atom is -0.309 e. The lowest BCUT2D eigenvalue weighted by molar-refractivity contribution is -0.118. The highest BCUT2D eigenvalue weighted by Crippen LogP contribution is 2.34. The number of Topliss-reactive ketones (excluding diaryl/α,β-unsaturated/α-hetero) is 1. The Morgan fingerprint density at radius 2 is 2.05 bits per heavy atom. The molecule has 2 rings (SSSR count). The number of hydrogen-bond acceptors (Lipinski definition) is 2. The van der Waals surface area contributed by atoms with E-state index in [2.05, 4.69) is 22.9 Å². The number of alkyl halides is 1. The zero-order valence-corrected chi connectivity index (χ0v) is 14.6. The van der Waals surface area contributed by atoms with Crippen molar-refractivity contribution in [3.05, 3.63) is 29.3 Å². The molecule has 0 bridgehead atoms. The molecule has 2 unspecified atom stereocenters. The van der Waals surface area contributed by atoms with Crippen LogP contribution in [0.3, 0.4) is 0 Å². The Labute approximate surface area is 134 Å². The van der Waals surface area contributed by atoms with Gasteiger partial charge in [-0.25, -0.2) is 0 Å². The Morgan fingerprint density at radius 3 is 2.62 bits per heavy atom. The van der Waals surface area contributed by atoms with E-state index in [9.17, 15) is 9.59 Å². The number of nitrogens with zero attached hydrogens (tertiary/aromatic N) is 1. The average Bonchev–Trinajstić information content (AvgIpc) is 2.79. The molecule has 0 spiro atoms. The summed E-state index contributed by atoms with van der Waals surface area (Å²) in [6.07, 6.45) is 1.32. The SMILES string of the molecule is CCC(=O)N1c2ccc(C(=O)C(Br)C(C)C)cc2CC1C. The smallest absolute Gasteiger partial charge is 0.226 e. The molecule has 1 aliphatic rings. The van der Waals surface area contributed by atoms with Crippen molar-refractivity contribution in [2.45, 2.75) is 51.4 Å². The number of fused-ring (bicyclic) bond motifs is 1. The summed E-state index contributed by atoms with van der Waals surface area (Å²) in [5.74, 6) is 0.504. The largest absolute Gasteiger partial charge is 0.309 e. The van der Waals surface area contributed by atoms with Crippen molar-refractivity contribution >= 4 is 33.3 Å². The van der Waals surface area contributed by atoms with E-state index in [0.29, 0.717) is 6.42 Å². The highest BCUT2D eigenvalue weighted by molar-refractivity contribution is 9.10. The molecule has 114 valence electrons. The average molecular weight is 352 g/mol. The summed E-state index contributed by atoms with van der Waals surface area (Å²) in [7, 11) is 0. The minimum absolute atomic E-state index is 0.112. The van der Waals surface area contributed by atoms with Gasteiger partial charge in [-0.05, 0) is 43.0 Å². The van der Waals surface area contributed by atoms with E-state index < -0.39 is 0 Å². The van der Waals surface area contributed by atoms with Crippen LogP contribution >= 0.6 is 15.9 Å². The number of anilines is 1. The predicted octanol–water partition coefficient (Wildman–Crippen LogP) is 3.98. The fourth-order valence-corrected chi connectivity index (χ4v) is 3.06. The van der Waals surface area contributed by atoms with Gasteiger partial charge in [-0.3, -0.25) is 9.59 Å². The van der Waals surface area contributed by atoms with Gasteiger partial charge in [-0.15, -0.1) is 0 Å². The van der Waals surface area contributed by atoms with Gasteiger partial charge in [0.05, 0.1) is 4.83 Å². The number of rotatable bonds is 4. The highest BCUT2D eigenvalue weighted by Gasteiger charge is 2.31. The first-order chi connectivity index (χ1) is 9.86. The van der Waals surface area contributed by atoms with Crippen molar-refractivity contribution < 1.29 is 9.59 Å². The lowest BCUT2D eigenvalue weighted by Gasteiger charge is -2.22. The third kappa shape index (κ3) is 3.05. The van der Waals surface area contributed by atoms with Gasteiger partial charge in [0.1, 0.15) is 0 Å². The topological polar surface area (TPSA) is 37.4 Å². The van der Waals surface area contributed by atoms with E-state index in [1.807, 2.05) is 43.9 Å². The standard InChI is InChI=1S/C17H22BrNO2/c1-5-15(20)19-11(4)8-13-9-12(6-7-14(13)19)17(21)16(18)10(2)3/h6-7,9-11,16H,5,8H2,1-4H3.